The van der Waals surface area contributed by atoms with Gasteiger partial charge in [0.15, 0.2) is 0 Å². The van der Waals surface area contributed by atoms with Crippen molar-refractivity contribution in [2.75, 3.05) is 18.0 Å². The van der Waals surface area contributed by atoms with Gasteiger partial charge in [-0.15, -0.1) is 0 Å². The molecular weight excluding hydrogens is 352 g/mol. The Bertz CT molecular complexity index is 1080. The van der Waals surface area contributed by atoms with Crippen LogP contribution in [0, 0.1) is 6.92 Å². The monoisotopic (exact) mass is 374 g/mol. The lowest BCUT2D eigenvalue weighted by Crippen LogP contribution is -2.46. The van der Waals surface area contributed by atoms with E-state index in [2.05, 4.69) is 24.8 Å². The van der Waals surface area contributed by atoms with Crippen LogP contribution in [0.25, 0.3) is 11.4 Å². The van der Waals surface area contributed by atoms with Crippen LogP contribution >= 0.6 is 0 Å². The van der Waals surface area contributed by atoms with Crippen LogP contribution in [0.2, 0.25) is 0 Å². The summed E-state index contributed by atoms with van der Waals surface area (Å²) < 4.78 is 0. The second-order valence-electron chi connectivity index (χ2n) is 7.79. The molecule has 3 aromatic heterocycles. The summed E-state index contributed by atoms with van der Waals surface area (Å²) in [5, 5.41) is 0. The molecule has 1 atom stereocenters. The highest BCUT2D eigenvalue weighted by molar-refractivity contribution is 5.54. The number of aromatic amines is 1. The first kappa shape index (κ1) is 17.0. The first-order valence-electron chi connectivity index (χ1n) is 9.73. The van der Waals surface area contributed by atoms with Crippen molar-refractivity contribution in [3.05, 3.63) is 64.1 Å². The van der Waals surface area contributed by atoms with Crippen molar-refractivity contribution in [2.45, 2.75) is 38.0 Å². The Morgan fingerprint density at radius 2 is 2.11 bits per heavy atom. The summed E-state index contributed by atoms with van der Waals surface area (Å²) in [4.78, 5) is 36.2. The Kier molecular flexibility index (Phi) is 3.96. The molecule has 142 valence electrons. The third-order valence-corrected chi connectivity index (χ3v) is 5.95. The predicted molar refractivity (Wildman–Crippen MR) is 106 cm³/mol. The predicted octanol–water partition coefficient (Wildman–Crippen LogP) is 2.41. The average Bonchev–Trinajstić information content (AvgIpc) is 3.07. The van der Waals surface area contributed by atoms with E-state index < -0.39 is 0 Å². The molecule has 1 aliphatic heterocycles. The van der Waals surface area contributed by atoms with Crippen molar-refractivity contribution in [3.8, 4) is 11.4 Å². The molecule has 7 heteroatoms. The summed E-state index contributed by atoms with van der Waals surface area (Å²) in [5.41, 5.74) is 3.44. The van der Waals surface area contributed by atoms with Crippen molar-refractivity contribution in [1.82, 2.24) is 24.9 Å². The van der Waals surface area contributed by atoms with Crippen molar-refractivity contribution in [1.29, 1.82) is 0 Å². The molecule has 0 saturated carbocycles. The molecule has 3 aromatic rings. The molecule has 2 aliphatic rings. The van der Waals surface area contributed by atoms with E-state index in [1.807, 2.05) is 31.3 Å². The third-order valence-electron chi connectivity index (χ3n) is 5.95. The molecule has 1 unspecified atom stereocenters. The highest BCUT2D eigenvalue weighted by atomic mass is 16.1. The van der Waals surface area contributed by atoms with Gasteiger partial charge in [-0.25, -0.2) is 15.0 Å². The number of H-pyrrole nitrogens is 1. The zero-order valence-corrected chi connectivity index (χ0v) is 15.9. The van der Waals surface area contributed by atoms with Gasteiger partial charge in [-0.3, -0.25) is 9.78 Å². The lowest BCUT2D eigenvalue weighted by molar-refractivity contribution is 0.332. The van der Waals surface area contributed by atoms with E-state index in [0.29, 0.717) is 5.82 Å². The van der Waals surface area contributed by atoms with E-state index in [1.165, 1.54) is 0 Å². The second kappa shape index (κ2) is 6.51. The number of fused-ring (bicyclic) bond motifs is 2. The molecule has 0 amide bonds. The van der Waals surface area contributed by atoms with Gasteiger partial charge in [0.05, 0.1) is 5.69 Å². The molecule has 1 N–H and O–H groups in total. The fourth-order valence-corrected chi connectivity index (χ4v) is 4.58. The van der Waals surface area contributed by atoms with E-state index in [9.17, 15) is 4.79 Å². The van der Waals surface area contributed by atoms with Crippen molar-refractivity contribution in [2.24, 2.45) is 0 Å². The van der Waals surface area contributed by atoms with Crippen molar-refractivity contribution in [3.63, 3.8) is 0 Å². The largest absolute Gasteiger partial charge is 0.340 e. The normalized spacial score (nSPS) is 21.1. The Labute approximate surface area is 162 Å². The molecule has 0 aromatic carbocycles. The first-order valence-corrected chi connectivity index (χ1v) is 9.73. The minimum atomic E-state index is -0.119. The van der Waals surface area contributed by atoms with Gasteiger partial charge in [-0.05, 0) is 50.8 Å². The number of pyridine rings is 1. The van der Waals surface area contributed by atoms with Gasteiger partial charge in [0.1, 0.15) is 5.82 Å². The quantitative estimate of drug-likeness (QED) is 0.741. The fourth-order valence-electron chi connectivity index (χ4n) is 4.58. The Morgan fingerprint density at radius 3 is 2.93 bits per heavy atom. The average molecular weight is 374 g/mol. The number of aromatic nitrogens is 5. The van der Waals surface area contributed by atoms with Crippen LogP contribution in [-0.4, -0.2) is 38.0 Å². The number of piperidine rings is 1. The van der Waals surface area contributed by atoms with Crippen molar-refractivity contribution >= 4 is 5.95 Å². The van der Waals surface area contributed by atoms with E-state index in [1.54, 1.807) is 12.4 Å². The highest BCUT2D eigenvalue weighted by Crippen LogP contribution is 2.43. The maximum atomic E-state index is 12.8. The molecule has 0 bridgehead atoms. The van der Waals surface area contributed by atoms with Crippen LogP contribution in [0.1, 0.15) is 36.2 Å². The summed E-state index contributed by atoms with van der Waals surface area (Å²) >= 11 is 0. The number of aryl methyl sites for hydroxylation is 1. The Morgan fingerprint density at radius 1 is 1.18 bits per heavy atom. The van der Waals surface area contributed by atoms with Gasteiger partial charge < -0.3 is 9.88 Å². The van der Waals surface area contributed by atoms with E-state index >= 15 is 0 Å². The van der Waals surface area contributed by atoms with Gasteiger partial charge in [-0.1, -0.05) is 0 Å². The third kappa shape index (κ3) is 2.78. The standard InChI is InChI=1S/C21H22N6O/c1-14-6-10-23-20(24-14)27-11-3-7-21(13-27)8-5-16-17(21)25-18(26-19(16)28)15-4-2-9-22-12-15/h2,4,6,9-10,12H,3,5,7-8,11,13H2,1H3,(H,25,26,28). The molecule has 1 aliphatic carbocycles. The number of hydrogen-bond acceptors (Lipinski definition) is 6. The van der Waals surface area contributed by atoms with E-state index in [-0.39, 0.29) is 11.0 Å². The molecule has 1 spiro atoms. The molecule has 4 heterocycles. The summed E-state index contributed by atoms with van der Waals surface area (Å²) in [6.07, 6.45) is 9.05. The van der Waals surface area contributed by atoms with Gasteiger partial charge in [0.25, 0.3) is 5.56 Å². The highest BCUT2D eigenvalue weighted by Gasteiger charge is 2.45. The number of nitrogens with zero attached hydrogens (tertiary/aromatic N) is 5. The summed E-state index contributed by atoms with van der Waals surface area (Å²) in [6, 6.07) is 5.69. The number of rotatable bonds is 2. The maximum Gasteiger partial charge on any atom is 0.254 e. The number of anilines is 1. The minimum Gasteiger partial charge on any atom is -0.340 e. The minimum absolute atomic E-state index is 0.0235. The molecule has 7 nitrogen and oxygen atoms in total. The molecule has 5 rings (SSSR count). The summed E-state index contributed by atoms with van der Waals surface area (Å²) in [5.74, 6) is 1.37. The second-order valence-corrected chi connectivity index (χ2v) is 7.79. The number of hydrogen-bond donors (Lipinski definition) is 1. The zero-order valence-electron chi connectivity index (χ0n) is 15.9. The van der Waals surface area contributed by atoms with E-state index in [4.69, 9.17) is 4.98 Å². The van der Waals surface area contributed by atoms with Crippen LogP contribution in [0.4, 0.5) is 5.95 Å². The van der Waals surface area contributed by atoms with Crippen LogP contribution in [0.5, 0.6) is 0 Å². The molecular formula is C21H22N6O. The number of nitrogens with one attached hydrogen (secondary N) is 1. The SMILES string of the molecule is Cc1ccnc(N2CCCC3(CCc4c3nc(-c3cccnc3)[nH]c4=O)C2)n1. The molecule has 0 radical (unpaired) electrons. The van der Waals surface area contributed by atoms with Gasteiger partial charge >= 0.3 is 0 Å². The molecule has 1 saturated heterocycles. The van der Waals surface area contributed by atoms with Gasteiger partial charge in [-0.2, -0.15) is 0 Å². The Hall–Kier alpha value is -3.09. The van der Waals surface area contributed by atoms with Crippen LogP contribution < -0.4 is 10.5 Å². The zero-order chi connectivity index (χ0) is 19.1. The van der Waals surface area contributed by atoms with Crippen LogP contribution in [0.3, 0.4) is 0 Å². The van der Waals surface area contributed by atoms with Gasteiger partial charge in [0.2, 0.25) is 5.95 Å². The van der Waals surface area contributed by atoms with E-state index in [0.717, 1.165) is 67.2 Å². The van der Waals surface area contributed by atoms with Crippen molar-refractivity contribution < 1.29 is 0 Å². The summed E-state index contributed by atoms with van der Waals surface area (Å²) in [6.45, 7) is 3.71. The lowest BCUT2D eigenvalue weighted by atomic mass is 9.77. The summed E-state index contributed by atoms with van der Waals surface area (Å²) in [7, 11) is 0. The molecule has 28 heavy (non-hydrogen) atoms. The van der Waals surface area contributed by atoms with Gasteiger partial charge in [0, 0.05) is 53.9 Å². The topological polar surface area (TPSA) is 87.7 Å². The lowest BCUT2D eigenvalue weighted by Gasteiger charge is -2.40. The van der Waals surface area contributed by atoms with Crippen LogP contribution in [-0.2, 0) is 11.8 Å². The maximum absolute atomic E-state index is 12.8. The fraction of sp³-hybridized carbons (Fsp3) is 0.381. The Balaban J connectivity index is 1.56. The smallest absolute Gasteiger partial charge is 0.254 e. The first-order chi connectivity index (χ1) is 13.6. The molecule has 1 fully saturated rings. The van der Waals surface area contributed by atoms with Crippen LogP contribution in [0.15, 0.2) is 41.6 Å².